The van der Waals surface area contributed by atoms with E-state index < -0.39 is 11.7 Å². The number of hydrogen-bond donors (Lipinski definition) is 2. The molecule has 4 saturated carbocycles. The smallest absolute Gasteiger partial charge is 0.243 e. The zero-order valence-corrected chi connectivity index (χ0v) is 15.4. The minimum atomic E-state index is -0.592. The first-order chi connectivity index (χ1) is 12.4. The topological polar surface area (TPSA) is 58.2 Å². The molecule has 0 aliphatic heterocycles. The van der Waals surface area contributed by atoms with Crippen LogP contribution in [0.3, 0.4) is 0 Å². The normalized spacial score (nSPS) is 31.7. The standard InChI is InChI=1S/C20H24ClFN2O2/c21-15-1-2-17(16(22)6-15)24-19(26)11-23-18(25)10-20-7-12-3-13(8-20)5-14(4-12)9-20/h1-2,6,12-14H,3-5,7-11H2,(H,23,25)(H,24,26). The molecule has 1 aromatic rings. The van der Waals surface area contributed by atoms with Crippen molar-refractivity contribution in [3.63, 3.8) is 0 Å². The maximum Gasteiger partial charge on any atom is 0.243 e. The van der Waals surface area contributed by atoms with Crippen molar-refractivity contribution in [3.05, 3.63) is 29.0 Å². The van der Waals surface area contributed by atoms with Crippen molar-refractivity contribution in [2.24, 2.45) is 23.2 Å². The summed E-state index contributed by atoms with van der Waals surface area (Å²) in [5.74, 6) is 1.29. The van der Waals surface area contributed by atoms with E-state index in [1.54, 1.807) is 0 Å². The van der Waals surface area contributed by atoms with Gasteiger partial charge in [-0.3, -0.25) is 9.59 Å². The molecule has 4 aliphatic carbocycles. The summed E-state index contributed by atoms with van der Waals surface area (Å²) in [4.78, 5) is 24.4. The summed E-state index contributed by atoms with van der Waals surface area (Å²) in [6.07, 6.45) is 8.03. The molecule has 4 nitrogen and oxygen atoms in total. The minimum absolute atomic E-state index is 0.0646. The zero-order valence-electron chi connectivity index (χ0n) is 14.7. The first-order valence-corrected chi connectivity index (χ1v) is 9.80. The van der Waals surface area contributed by atoms with Gasteiger partial charge in [0.1, 0.15) is 5.82 Å². The predicted octanol–water partition coefficient (Wildman–Crippen LogP) is 4.14. The highest BCUT2D eigenvalue weighted by molar-refractivity contribution is 6.30. The first kappa shape index (κ1) is 17.8. The van der Waals surface area contributed by atoms with Crippen LogP contribution in [0.15, 0.2) is 18.2 Å². The monoisotopic (exact) mass is 378 g/mol. The summed E-state index contributed by atoms with van der Waals surface area (Å²) in [5.41, 5.74) is 0.215. The number of rotatable bonds is 5. The zero-order chi connectivity index (χ0) is 18.3. The quantitative estimate of drug-likeness (QED) is 0.809. The SMILES string of the molecule is O=C(CC12CC3CC(CC(C3)C1)C2)NCC(=O)Nc1ccc(Cl)cc1F. The van der Waals surface area contributed by atoms with Crippen molar-refractivity contribution in [3.8, 4) is 0 Å². The molecule has 6 heteroatoms. The van der Waals surface area contributed by atoms with Crippen molar-refractivity contribution in [2.45, 2.75) is 44.9 Å². The number of benzene rings is 1. The van der Waals surface area contributed by atoms with Gasteiger partial charge in [-0.1, -0.05) is 11.6 Å². The minimum Gasteiger partial charge on any atom is -0.347 e. The van der Waals surface area contributed by atoms with Gasteiger partial charge in [0.05, 0.1) is 12.2 Å². The predicted molar refractivity (Wildman–Crippen MR) is 98.3 cm³/mol. The molecule has 140 valence electrons. The molecular formula is C20H24ClFN2O2. The molecule has 1 aromatic carbocycles. The van der Waals surface area contributed by atoms with E-state index in [0.29, 0.717) is 6.42 Å². The Morgan fingerprint density at radius 1 is 1.08 bits per heavy atom. The Bertz CT molecular complexity index is 701. The molecule has 0 spiro atoms. The van der Waals surface area contributed by atoms with E-state index in [2.05, 4.69) is 10.6 Å². The van der Waals surface area contributed by atoms with E-state index in [0.717, 1.165) is 43.1 Å². The Labute approximate surface area is 157 Å². The molecule has 4 fully saturated rings. The van der Waals surface area contributed by atoms with Crippen LogP contribution in [-0.2, 0) is 9.59 Å². The van der Waals surface area contributed by atoms with Crippen molar-refractivity contribution < 1.29 is 14.0 Å². The summed E-state index contributed by atoms with van der Waals surface area (Å²) >= 11 is 5.69. The van der Waals surface area contributed by atoms with Gasteiger partial charge < -0.3 is 10.6 Å². The van der Waals surface area contributed by atoms with Gasteiger partial charge in [0, 0.05) is 11.4 Å². The Morgan fingerprint density at radius 3 is 2.27 bits per heavy atom. The Morgan fingerprint density at radius 2 is 1.69 bits per heavy atom. The lowest BCUT2D eigenvalue weighted by Gasteiger charge is -2.56. The highest BCUT2D eigenvalue weighted by Crippen LogP contribution is 2.61. The molecule has 0 saturated heterocycles. The molecular weight excluding hydrogens is 355 g/mol. The van der Waals surface area contributed by atoms with Crippen LogP contribution in [0.2, 0.25) is 5.02 Å². The van der Waals surface area contributed by atoms with Crippen LogP contribution >= 0.6 is 11.6 Å². The fourth-order valence-electron chi connectivity index (χ4n) is 5.87. The van der Waals surface area contributed by atoms with Crippen LogP contribution < -0.4 is 10.6 Å². The van der Waals surface area contributed by atoms with Gasteiger partial charge in [-0.25, -0.2) is 4.39 Å². The molecule has 0 atom stereocenters. The van der Waals surface area contributed by atoms with Crippen molar-refractivity contribution in [2.75, 3.05) is 11.9 Å². The Hall–Kier alpha value is -1.62. The fraction of sp³-hybridized carbons (Fsp3) is 0.600. The van der Waals surface area contributed by atoms with Gasteiger partial charge in [-0.05, 0) is 79.9 Å². The lowest BCUT2D eigenvalue weighted by Crippen LogP contribution is -2.48. The first-order valence-electron chi connectivity index (χ1n) is 9.42. The fourth-order valence-corrected chi connectivity index (χ4v) is 6.03. The van der Waals surface area contributed by atoms with E-state index in [4.69, 9.17) is 11.6 Å². The Kier molecular flexibility index (Phi) is 4.68. The van der Waals surface area contributed by atoms with Crippen molar-refractivity contribution in [1.29, 1.82) is 0 Å². The van der Waals surface area contributed by atoms with Crippen LogP contribution in [0.25, 0.3) is 0 Å². The van der Waals surface area contributed by atoms with Gasteiger partial charge in [0.15, 0.2) is 0 Å². The lowest BCUT2D eigenvalue weighted by atomic mass is 9.49. The second kappa shape index (κ2) is 6.84. The van der Waals surface area contributed by atoms with Gasteiger partial charge in [-0.15, -0.1) is 0 Å². The van der Waals surface area contributed by atoms with E-state index in [9.17, 15) is 14.0 Å². The number of carbonyl (C=O) groups is 2. The average Bonchev–Trinajstić information content (AvgIpc) is 2.54. The third-order valence-corrected chi connectivity index (χ3v) is 6.59. The second-order valence-corrected chi connectivity index (χ2v) is 8.98. The number of halogens is 2. The van der Waals surface area contributed by atoms with Crippen molar-refractivity contribution >= 4 is 29.1 Å². The third-order valence-electron chi connectivity index (χ3n) is 6.35. The molecule has 2 N–H and O–H groups in total. The highest BCUT2D eigenvalue weighted by Gasteiger charge is 2.51. The summed E-state index contributed by atoms with van der Waals surface area (Å²) < 4.78 is 13.7. The van der Waals surface area contributed by atoms with E-state index >= 15 is 0 Å². The summed E-state index contributed by atoms with van der Waals surface area (Å²) in [5, 5.41) is 5.44. The molecule has 4 bridgehead atoms. The summed E-state index contributed by atoms with van der Waals surface area (Å²) in [6.45, 7) is -0.146. The maximum atomic E-state index is 13.7. The largest absolute Gasteiger partial charge is 0.347 e. The van der Waals surface area contributed by atoms with Gasteiger partial charge in [0.2, 0.25) is 11.8 Å². The number of carbonyl (C=O) groups excluding carboxylic acids is 2. The number of anilines is 1. The molecule has 4 aliphatic rings. The molecule has 0 aromatic heterocycles. The number of amides is 2. The molecule has 0 radical (unpaired) electrons. The molecule has 5 rings (SSSR count). The van der Waals surface area contributed by atoms with Crippen LogP contribution in [0.4, 0.5) is 10.1 Å². The molecule has 26 heavy (non-hydrogen) atoms. The van der Waals surface area contributed by atoms with E-state index in [1.807, 2.05) is 0 Å². The average molecular weight is 379 g/mol. The van der Waals surface area contributed by atoms with Gasteiger partial charge in [0.25, 0.3) is 0 Å². The van der Waals surface area contributed by atoms with Crippen LogP contribution in [-0.4, -0.2) is 18.4 Å². The van der Waals surface area contributed by atoms with Crippen LogP contribution in [0.5, 0.6) is 0 Å². The van der Waals surface area contributed by atoms with Gasteiger partial charge >= 0.3 is 0 Å². The molecule has 0 unspecified atom stereocenters. The lowest BCUT2D eigenvalue weighted by molar-refractivity contribution is -0.131. The second-order valence-electron chi connectivity index (χ2n) is 8.54. The summed E-state index contributed by atoms with van der Waals surface area (Å²) in [6, 6.07) is 4.06. The Balaban J connectivity index is 1.28. The maximum absolute atomic E-state index is 13.7. The van der Waals surface area contributed by atoms with E-state index in [-0.39, 0.29) is 28.6 Å². The van der Waals surface area contributed by atoms with Crippen molar-refractivity contribution in [1.82, 2.24) is 5.32 Å². The highest BCUT2D eigenvalue weighted by atomic mass is 35.5. The van der Waals surface area contributed by atoms with Gasteiger partial charge in [-0.2, -0.15) is 0 Å². The number of nitrogens with one attached hydrogen (secondary N) is 2. The number of hydrogen-bond acceptors (Lipinski definition) is 2. The third kappa shape index (κ3) is 3.73. The van der Waals surface area contributed by atoms with E-state index in [1.165, 1.54) is 31.4 Å². The molecule has 2 amide bonds. The van der Waals surface area contributed by atoms with Crippen LogP contribution in [0.1, 0.15) is 44.9 Å². The summed E-state index contributed by atoms with van der Waals surface area (Å²) in [7, 11) is 0. The molecule has 0 heterocycles. The van der Waals surface area contributed by atoms with Crippen LogP contribution in [0, 0.1) is 29.0 Å².